The molecule has 0 spiro atoms. The Hall–Kier alpha value is -0.860. The highest BCUT2D eigenvalue weighted by molar-refractivity contribution is 5.89. The fourth-order valence-electron chi connectivity index (χ4n) is 1.57. The Morgan fingerprint density at radius 3 is 2.92 bits per heavy atom. The second-order valence-electron chi connectivity index (χ2n) is 3.62. The normalized spacial score (nSPS) is 21.9. The molecule has 0 bridgehead atoms. The summed E-state index contributed by atoms with van der Waals surface area (Å²) in [6.07, 6.45) is 3.90. The molecule has 74 valence electrons. The summed E-state index contributed by atoms with van der Waals surface area (Å²) in [6, 6.07) is 0. The molecule has 0 aromatic rings. The molecule has 1 rings (SSSR count). The van der Waals surface area contributed by atoms with Crippen molar-refractivity contribution in [1.82, 2.24) is 5.32 Å². The molecule has 1 aliphatic carbocycles. The Morgan fingerprint density at radius 1 is 1.62 bits per heavy atom. The summed E-state index contributed by atoms with van der Waals surface area (Å²) in [4.78, 5) is 22.3. The van der Waals surface area contributed by atoms with E-state index in [1.807, 2.05) is 0 Å². The van der Waals surface area contributed by atoms with Crippen molar-refractivity contribution in [3.63, 3.8) is 0 Å². The van der Waals surface area contributed by atoms with Crippen LogP contribution < -0.4 is 5.32 Å². The van der Waals surface area contributed by atoms with Gasteiger partial charge >= 0.3 is 0 Å². The molecule has 0 aromatic carbocycles. The van der Waals surface area contributed by atoms with Gasteiger partial charge in [-0.2, -0.15) is 0 Å². The van der Waals surface area contributed by atoms with Gasteiger partial charge < -0.3 is 5.32 Å². The highest BCUT2D eigenvalue weighted by Crippen LogP contribution is 2.21. The Kier molecular flexibility index (Phi) is 3.93. The highest BCUT2D eigenvalue weighted by Gasteiger charge is 2.27. The zero-order valence-corrected chi connectivity index (χ0v) is 8.14. The third-order valence-corrected chi connectivity index (χ3v) is 2.45. The molecule has 1 unspecified atom stereocenters. The molecule has 1 saturated carbocycles. The topological polar surface area (TPSA) is 46.2 Å². The summed E-state index contributed by atoms with van der Waals surface area (Å²) in [7, 11) is 0. The van der Waals surface area contributed by atoms with Gasteiger partial charge in [-0.3, -0.25) is 9.59 Å². The van der Waals surface area contributed by atoms with Crippen LogP contribution in [0.25, 0.3) is 0 Å². The standard InChI is InChI=1S/C10H17NO2/c1-2-3-6-11-10(13)8-4-5-9(12)7-8/h8H,2-7H2,1H3,(H,11,13). The van der Waals surface area contributed by atoms with Crippen molar-refractivity contribution in [1.29, 1.82) is 0 Å². The van der Waals surface area contributed by atoms with Crippen molar-refractivity contribution in [3.05, 3.63) is 0 Å². The minimum atomic E-state index is -0.0376. The summed E-state index contributed by atoms with van der Waals surface area (Å²) in [6.45, 7) is 2.84. The van der Waals surface area contributed by atoms with Crippen LogP contribution in [-0.2, 0) is 9.59 Å². The summed E-state index contributed by atoms with van der Waals surface area (Å²) >= 11 is 0. The molecule has 0 saturated heterocycles. The van der Waals surface area contributed by atoms with Crippen LogP contribution in [0.5, 0.6) is 0 Å². The maximum atomic E-state index is 11.4. The second kappa shape index (κ2) is 5.00. The molecular weight excluding hydrogens is 166 g/mol. The smallest absolute Gasteiger partial charge is 0.223 e. The quantitative estimate of drug-likeness (QED) is 0.667. The second-order valence-corrected chi connectivity index (χ2v) is 3.62. The number of ketones is 1. The fraction of sp³-hybridized carbons (Fsp3) is 0.800. The maximum Gasteiger partial charge on any atom is 0.223 e. The van der Waals surface area contributed by atoms with Crippen molar-refractivity contribution in [2.45, 2.75) is 39.0 Å². The minimum Gasteiger partial charge on any atom is -0.356 e. The molecule has 1 N–H and O–H groups in total. The predicted molar refractivity (Wildman–Crippen MR) is 50.3 cm³/mol. The van der Waals surface area contributed by atoms with Crippen molar-refractivity contribution >= 4 is 11.7 Å². The lowest BCUT2D eigenvalue weighted by atomic mass is 10.1. The van der Waals surface area contributed by atoms with E-state index in [9.17, 15) is 9.59 Å². The summed E-state index contributed by atoms with van der Waals surface area (Å²) in [5.41, 5.74) is 0. The van der Waals surface area contributed by atoms with Crippen LogP contribution in [0.1, 0.15) is 39.0 Å². The summed E-state index contributed by atoms with van der Waals surface area (Å²) in [5.74, 6) is 0.263. The molecule has 0 aliphatic heterocycles. The summed E-state index contributed by atoms with van der Waals surface area (Å²) < 4.78 is 0. The number of nitrogens with one attached hydrogen (secondary N) is 1. The van der Waals surface area contributed by atoms with Gasteiger partial charge in [-0.15, -0.1) is 0 Å². The fourth-order valence-corrected chi connectivity index (χ4v) is 1.57. The van der Waals surface area contributed by atoms with Crippen LogP contribution in [0.4, 0.5) is 0 Å². The molecule has 0 aromatic heterocycles. The van der Waals surface area contributed by atoms with Gasteiger partial charge in [0.25, 0.3) is 0 Å². The third-order valence-electron chi connectivity index (χ3n) is 2.45. The van der Waals surface area contributed by atoms with Gasteiger partial charge in [0.05, 0.1) is 0 Å². The number of carbonyl (C=O) groups excluding carboxylic acids is 2. The molecule has 1 aliphatic rings. The van der Waals surface area contributed by atoms with Gasteiger partial charge in [-0.1, -0.05) is 13.3 Å². The first-order chi connectivity index (χ1) is 6.24. The zero-order chi connectivity index (χ0) is 9.68. The first-order valence-electron chi connectivity index (χ1n) is 5.03. The minimum absolute atomic E-state index is 0.0376. The monoisotopic (exact) mass is 183 g/mol. The van der Waals surface area contributed by atoms with E-state index in [1.54, 1.807) is 0 Å². The molecule has 0 heterocycles. The lowest BCUT2D eigenvalue weighted by molar-refractivity contribution is -0.126. The van der Waals surface area contributed by atoms with Gasteiger partial charge in [-0.05, 0) is 12.8 Å². The van der Waals surface area contributed by atoms with Gasteiger partial charge in [-0.25, -0.2) is 0 Å². The van der Waals surface area contributed by atoms with Crippen LogP contribution >= 0.6 is 0 Å². The van der Waals surface area contributed by atoms with E-state index in [2.05, 4.69) is 12.2 Å². The van der Waals surface area contributed by atoms with Gasteiger partial charge in [0, 0.05) is 25.3 Å². The highest BCUT2D eigenvalue weighted by atomic mass is 16.2. The average molecular weight is 183 g/mol. The van der Waals surface area contributed by atoms with Crippen LogP contribution in [0.15, 0.2) is 0 Å². The molecule has 3 nitrogen and oxygen atoms in total. The SMILES string of the molecule is CCCCNC(=O)C1CCC(=O)C1. The van der Waals surface area contributed by atoms with Crippen LogP contribution in [-0.4, -0.2) is 18.2 Å². The average Bonchev–Trinajstić information content (AvgIpc) is 2.52. The predicted octanol–water partition coefficient (Wildman–Crippen LogP) is 1.27. The zero-order valence-electron chi connectivity index (χ0n) is 8.14. The lowest BCUT2D eigenvalue weighted by Crippen LogP contribution is -2.30. The maximum absolute atomic E-state index is 11.4. The largest absolute Gasteiger partial charge is 0.356 e. The van der Waals surface area contributed by atoms with Crippen molar-refractivity contribution in [3.8, 4) is 0 Å². The summed E-state index contributed by atoms with van der Waals surface area (Å²) in [5, 5.41) is 2.85. The first-order valence-corrected chi connectivity index (χ1v) is 5.03. The molecule has 1 atom stereocenters. The Balaban J connectivity index is 2.20. The van der Waals surface area contributed by atoms with E-state index in [4.69, 9.17) is 0 Å². The molecule has 0 radical (unpaired) electrons. The van der Waals surface area contributed by atoms with E-state index in [0.29, 0.717) is 12.8 Å². The number of rotatable bonds is 4. The van der Waals surface area contributed by atoms with Gasteiger partial charge in [0.1, 0.15) is 5.78 Å². The van der Waals surface area contributed by atoms with Crippen LogP contribution in [0.3, 0.4) is 0 Å². The number of carbonyl (C=O) groups is 2. The number of hydrogen-bond donors (Lipinski definition) is 1. The van der Waals surface area contributed by atoms with Crippen molar-refractivity contribution in [2.75, 3.05) is 6.54 Å². The number of Topliss-reactive ketones (excluding diaryl/α,β-unsaturated/α-hetero) is 1. The van der Waals surface area contributed by atoms with E-state index in [0.717, 1.165) is 25.8 Å². The Bertz CT molecular complexity index is 201. The molecular formula is C10H17NO2. The van der Waals surface area contributed by atoms with Crippen molar-refractivity contribution in [2.24, 2.45) is 5.92 Å². The Labute approximate surface area is 78.9 Å². The Morgan fingerprint density at radius 2 is 2.38 bits per heavy atom. The van der Waals surface area contributed by atoms with E-state index >= 15 is 0 Å². The number of amides is 1. The number of hydrogen-bond acceptors (Lipinski definition) is 2. The van der Waals surface area contributed by atoms with Gasteiger partial charge in [0.15, 0.2) is 0 Å². The van der Waals surface area contributed by atoms with Gasteiger partial charge in [0.2, 0.25) is 5.91 Å². The third kappa shape index (κ3) is 3.17. The lowest BCUT2D eigenvalue weighted by Gasteiger charge is -2.08. The van der Waals surface area contributed by atoms with E-state index in [-0.39, 0.29) is 17.6 Å². The van der Waals surface area contributed by atoms with Crippen LogP contribution in [0, 0.1) is 5.92 Å². The van der Waals surface area contributed by atoms with Crippen molar-refractivity contribution < 1.29 is 9.59 Å². The van der Waals surface area contributed by atoms with E-state index in [1.165, 1.54) is 0 Å². The molecule has 1 fully saturated rings. The van der Waals surface area contributed by atoms with E-state index < -0.39 is 0 Å². The molecule has 1 amide bonds. The molecule has 3 heteroatoms. The van der Waals surface area contributed by atoms with Crippen LogP contribution in [0.2, 0.25) is 0 Å². The molecule has 13 heavy (non-hydrogen) atoms. The first kappa shape index (κ1) is 10.2. The number of unbranched alkanes of at least 4 members (excludes halogenated alkanes) is 1.